The van der Waals surface area contributed by atoms with E-state index in [1.54, 1.807) is 0 Å². The number of hydrogen-bond donors (Lipinski definition) is 4. The summed E-state index contributed by atoms with van der Waals surface area (Å²) in [5, 5.41) is 11.3. The van der Waals surface area contributed by atoms with Crippen LogP contribution in [0.4, 0.5) is 11.6 Å². The molecular weight excluding hydrogens is 442 g/mol. The number of thiocarbonyl (C=S) groups is 1. The Bertz CT molecular complexity index is 1340. The van der Waals surface area contributed by atoms with E-state index in [1.165, 1.54) is 10.9 Å². The third-order valence-corrected chi connectivity index (χ3v) is 5.62. The van der Waals surface area contributed by atoms with Gasteiger partial charge in [-0.2, -0.15) is 0 Å². The van der Waals surface area contributed by atoms with Gasteiger partial charge in [-0.05, 0) is 81.2 Å². The zero-order valence-corrected chi connectivity index (χ0v) is 20.7. The Morgan fingerprint density at radius 1 is 0.971 bits per heavy atom. The molecule has 7 nitrogen and oxygen atoms in total. The Kier molecular flexibility index (Phi) is 7.18. The van der Waals surface area contributed by atoms with Crippen molar-refractivity contribution in [2.75, 3.05) is 17.2 Å². The molecule has 0 aliphatic carbocycles. The summed E-state index contributed by atoms with van der Waals surface area (Å²) in [6.45, 7) is 8.54. The lowest BCUT2D eigenvalue weighted by Crippen LogP contribution is -2.39. The molecular formula is C26H29N7S. The minimum Gasteiger partial charge on any atom is -0.361 e. The predicted molar refractivity (Wildman–Crippen MR) is 145 cm³/mol. The number of hydrogen-bond acceptors (Lipinski definition) is 4. The number of benzene rings is 2. The third-order valence-electron chi connectivity index (χ3n) is 5.41. The minimum atomic E-state index is 0.441. The molecule has 0 saturated carbocycles. The topological polar surface area (TPSA) is 90.0 Å². The second-order valence-electron chi connectivity index (χ2n) is 8.34. The van der Waals surface area contributed by atoms with Gasteiger partial charge in [0.25, 0.3) is 0 Å². The number of aliphatic imine (C=N–C) groups is 1. The summed E-state index contributed by atoms with van der Waals surface area (Å²) in [6.07, 6.45) is 2.82. The molecule has 0 fully saturated rings. The van der Waals surface area contributed by atoms with E-state index in [0.717, 1.165) is 40.1 Å². The Hall–Kier alpha value is -3.78. The third kappa shape index (κ3) is 5.96. The van der Waals surface area contributed by atoms with Crippen molar-refractivity contribution >= 4 is 45.8 Å². The van der Waals surface area contributed by atoms with Crippen molar-refractivity contribution in [2.45, 2.75) is 34.1 Å². The molecule has 8 heteroatoms. The Morgan fingerprint density at radius 3 is 2.53 bits per heavy atom. The maximum Gasteiger partial charge on any atom is 0.229 e. The molecule has 0 spiro atoms. The van der Waals surface area contributed by atoms with Crippen molar-refractivity contribution < 1.29 is 0 Å². The number of aromatic nitrogens is 3. The highest BCUT2D eigenvalue weighted by Gasteiger charge is 2.09. The SMILES string of the molecule is Cc1ccc(C)c(NC(=S)NC(=NCCc2c[nH]c3ccccc23)Nc2nc(C)cc(C)n2)c1. The fourth-order valence-corrected chi connectivity index (χ4v) is 3.96. The lowest BCUT2D eigenvalue weighted by atomic mass is 10.1. The fourth-order valence-electron chi connectivity index (χ4n) is 3.76. The molecule has 34 heavy (non-hydrogen) atoms. The number of para-hydroxylation sites is 1. The molecule has 0 bridgehead atoms. The number of fused-ring (bicyclic) bond motifs is 1. The molecule has 0 atom stereocenters. The zero-order valence-electron chi connectivity index (χ0n) is 19.9. The number of guanidine groups is 1. The zero-order chi connectivity index (χ0) is 24.1. The summed E-state index contributed by atoms with van der Waals surface area (Å²) in [5.41, 5.74) is 7.33. The smallest absolute Gasteiger partial charge is 0.229 e. The van der Waals surface area contributed by atoms with Gasteiger partial charge in [0.1, 0.15) is 0 Å². The highest BCUT2D eigenvalue weighted by atomic mass is 32.1. The summed E-state index contributed by atoms with van der Waals surface area (Å²) in [6, 6.07) is 16.4. The first kappa shape index (κ1) is 23.4. The van der Waals surface area contributed by atoms with E-state index in [-0.39, 0.29) is 0 Å². The van der Waals surface area contributed by atoms with Gasteiger partial charge >= 0.3 is 0 Å². The quantitative estimate of drug-likeness (QED) is 0.182. The molecule has 0 saturated heterocycles. The average Bonchev–Trinajstić information content (AvgIpc) is 3.18. The van der Waals surface area contributed by atoms with Gasteiger partial charge in [0, 0.05) is 40.7 Å². The number of nitrogens with zero attached hydrogens (tertiary/aromatic N) is 3. The van der Waals surface area contributed by atoms with Crippen molar-refractivity contribution in [3.05, 3.63) is 82.8 Å². The maximum atomic E-state index is 5.59. The van der Waals surface area contributed by atoms with Crippen molar-refractivity contribution in [1.29, 1.82) is 0 Å². The molecule has 0 amide bonds. The van der Waals surface area contributed by atoms with Crippen LogP contribution in [-0.2, 0) is 6.42 Å². The summed E-state index contributed by atoms with van der Waals surface area (Å²) in [4.78, 5) is 17.0. The van der Waals surface area contributed by atoms with Gasteiger partial charge < -0.3 is 15.6 Å². The van der Waals surface area contributed by atoms with Crippen LogP contribution in [0.1, 0.15) is 28.1 Å². The van der Waals surface area contributed by atoms with E-state index in [0.29, 0.717) is 23.6 Å². The van der Waals surface area contributed by atoms with E-state index < -0.39 is 0 Å². The number of nitrogens with one attached hydrogen (secondary N) is 4. The Morgan fingerprint density at radius 2 is 1.74 bits per heavy atom. The van der Waals surface area contributed by atoms with E-state index in [4.69, 9.17) is 17.2 Å². The van der Waals surface area contributed by atoms with Crippen LogP contribution in [0, 0.1) is 27.7 Å². The first-order chi connectivity index (χ1) is 16.4. The summed E-state index contributed by atoms with van der Waals surface area (Å²) < 4.78 is 0. The molecule has 4 rings (SSSR count). The van der Waals surface area contributed by atoms with Crippen LogP contribution >= 0.6 is 12.2 Å². The summed E-state index contributed by atoms with van der Waals surface area (Å²) >= 11 is 5.59. The van der Waals surface area contributed by atoms with Gasteiger partial charge in [-0.15, -0.1) is 0 Å². The number of H-pyrrole nitrogens is 1. The molecule has 0 unspecified atom stereocenters. The summed E-state index contributed by atoms with van der Waals surface area (Å²) in [5.74, 6) is 0.970. The highest BCUT2D eigenvalue weighted by Crippen LogP contribution is 2.18. The maximum absolute atomic E-state index is 5.59. The normalized spacial score (nSPS) is 11.5. The number of aryl methyl sites for hydroxylation is 4. The Labute approximate surface area is 205 Å². The van der Waals surface area contributed by atoms with Gasteiger partial charge in [-0.1, -0.05) is 30.3 Å². The van der Waals surface area contributed by atoms with Gasteiger partial charge in [0.15, 0.2) is 5.11 Å². The van der Waals surface area contributed by atoms with Crippen LogP contribution in [0.15, 0.2) is 59.7 Å². The van der Waals surface area contributed by atoms with E-state index in [2.05, 4.69) is 68.2 Å². The molecule has 0 radical (unpaired) electrons. The average molecular weight is 472 g/mol. The molecule has 0 aliphatic rings. The van der Waals surface area contributed by atoms with Crippen LogP contribution in [-0.4, -0.2) is 32.6 Å². The van der Waals surface area contributed by atoms with Crippen LogP contribution < -0.4 is 16.0 Å². The molecule has 0 aliphatic heterocycles. The summed E-state index contributed by atoms with van der Waals surface area (Å²) in [7, 11) is 0. The first-order valence-corrected chi connectivity index (χ1v) is 11.6. The lowest BCUT2D eigenvalue weighted by molar-refractivity contribution is 0.963. The molecule has 4 aromatic rings. The largest absolute Gasteiger partial charge is 0.361 e. The van der Waals surface area contributed by atoms with Gasteiger partial charge in [-0.3, -0.25) is 10.3 Å². The van der Waals surface area contributed by atoms with E-state index in [1.807, 2.05) is 45.2 Å². The number of rotatable bonds is 5. The standard InChI is InChI=1S/C26H29N7S/c1-16-9-10-17(2)23(13-16)31-26(34)33-24(32-25-29-18(3)14-19(4)30-25)27-12-11-20-15-28-22-8-6-5-7-21(20)22/h5-10,13-15,28H,11-12H2,1-4H3,(H3,27,29,30,31,32,33,34). The predicted octanol–water partition coefficient (Wildman–Crippen LogP) is 5.19. The van der Waals surface area contributed by atoms with Crippen molar-refractivity contribution in [1.82, 2.24) is 20.3 Å². The van der Waals surface area contributed by atoms with Crippen molar-refractivity contribution in [3.63, 3.8) is 0 Å². The van der Waals surface area contributed by atoms with Gasteiger partial charge in [0.2, 0.25) is 11.9 Å². The van der Waals surface area contributed by atoms with Crippen molar-refractivity contribution in [3.8, 4) is 0 Å². The molecule has 2 aromatic heterocycles. The number of anilines is 2. The monoisotopic (exact) mass is 471 g/mol. The minimum absolute atomic E-state index is 0.441. The Balaban J connectivity index is 1.51. The second kappa shape index (κ2) is 10.4. The fraction of sp³-hybridized carbons (Fsp3) is 0.231. The van der Waals surface area contributed by atoms with Crippen LogP contribution in [0.2, 0.25) is 0 Å². The lowest BCUT2D eigenvalue weighted by Gasteiger charge is -2.15. The molecule has 4 N–H and O–H groups in total. The van der Waals surface area contributed by atoms with E-state index in [9.17, 15) is 0 Å². The number of aromatic amines is 1. The highest BCUT2D eigenvalue weighted by molar-refractivity contribution is 7.80. The van der Waals surface area contributed by atoms with Gasteiger partial charge in [-0.25, -0.2) is 9.97 Å². The van der Waals surface area contributed by atoms with E-state index >= 15 is 0 Å². The van der Waals surface area contributed by atoms with Gasteiger partial charge in [0.05, 0.1) is 0 Å². The first-order valence-electron chi connectivity index (χ1n) is 11.2. The second-order valence-corrected chi connectivity index (χ2v) is 8.74. The van der Waals surface area contributed by atoms with Crippen molar-refractivity contribution in [2.24, 2.45) is 4.99 Å². The molecule has 174 valence electrons. The van der Waals surface area contributed by atoms with Crippen LogP contribution in [0.25, 0.3) is 10.9 Å². The van der Waals surface area contributed by atoms with Crippen LogP contribution in [0.3, 0.4) is 0 Å². The van der Waals surface area contributed by atoms with Crippen LogP contribution in [0.5, 0.6) is 0 Å². The molecule has 2 heterocycles. The molecule has 2 aromatic carbocycles.